The van der Waals surface area contributed by atoms with E-state index in [-0.39, 0.29) is 11.8 Å². The second-order valence-electron chi connectivity index (χ2n) is 7.76. The molecule has 0 spiro atoms. The van der Waals surface area contributed by atoms with Crippen molar-refractivity contribution in [2.24, 2.45) is 0 Å². The Morgan fingerprint density at radius 2 is 1.79 bits per heavy atom. The van der Waals surface area contributed by atoms with Crippen LogP contribution in [0.25, 0.3) is 0 Å². The molecule has 1 atom stereocenters. The van der Waals surface area contributed by atoms with Crippen LogP contribution in [-0.4, -0.2) is 85.5 Å². The van der Waals surface area contributed by atoms with Gasteiger partial charge in [0, 0.05) is 50.5 Å². The van der Waals surface area contributed by atoms with Gasteiger partial charge in [0.25, 0.3) is 0 Å². The number of piperazine rings is 1. The van der Waals surface area contributed by atoms with E-state index in [1.54, 1.807) is 7.11 Å². The highest BCUT2D eigenvalue weighted by molar-refractivity contribution is 5.92. The maximum Gasteiger partial charge on any atom is 0.238 e. The summed E-state index contributed by atoms with van der Waals surface area (Å²) in [6.45, 7) is 7.14. The van der Waals surface area contributed by atoms with Gasteiger partial charge in [-0.25, -0.2) is 0 Å². The highest BCUT2D eigenvalue weighted by Crippen LogP contribution is 2.18. The number of hydrogen-bond donors (Lipinski definition) is 1. The minimum Gasteiger partial charge on any atom is -0.497 e. The van der Waals surface area contributed by atoms with E-state index in [1.165, 1.54) is 6.42 Å². The normalized spacial score (nSPS) is 21.4. The van der Waals surface area contributed by atoms with Crippen LogP contribution in [-0.2, 0) is 9.59 Å². The van der Waals surface area contributed by atoms with Crippen LogP contribution >= 0.6 is 0 Å². The molecule has 0 saturated carbocycles. The molecule has 2 aliphatic heterocycles. The molecule has 1 aromatic carbocycles. The summed E-state index contributed by atoms with van der Waals surface area (Å²) in [6, 6.07) is 7.73. The fourth-order valence-corrected chi connectivity index (χ4v) is 3.96. The number of amides is 2. The van der Waals surface area contributed by atoms with Gasteiger partial charge in [-0.15, -0.1) is 0 Å². The van der Waals surface area contributed by atoms with E-state index < -0.39 is 0 Å². The Hall–Kier alpha value is -2.12. The Bertz CT molecular complexity index is 673. The average molecular weight is 389 g/mol. The number of rotatable bonds is 6. The molecule has 7 heteroatoms. The lowest BCUT2D eigenvalue weighted by atomic mass is 10.0. The fourth-order valence-electron chi connectivity index (χ4n) is 3.96. The van der Waals surface area contributed by atoms with E-state index >= 15 is 0 Å². The van der Waals surface area contributed by atoms with Crippen molar-refractivity contribution >= 4 is 17.5 Å². The van der Waals surface area contributed by atoms with Crippen molar-refractivity contribution in [3.8, 4) is 5.75 Å². The third-order valence-electron chi connectivity index (χ3n) is 5.67. The summed E-state index contributed by atoms with van der Waals surface area (Å²) < 4.78 is 5.18. The molecular weight excluding hydrogens is 356 g/mol. The number of ether oxygens (including phenoxy) is 1. The lowest BCUT2D eigenvalue weighted by Crippen LogP contribution is -2.53. The van der Waals surface area contributed by atoms with E-state index in [4.69, 9.17) is 4.74 Å². The summed E-state index contributed by atoms with van der Waals surface area (Å²) in [4.78, 5) is 31.3. The zero-order valence-corrected chi connectivity index (χ0v) is 17.0. The Balaban J connectivity index is 1.40. The second-order valence-corrected chi connectivity index (χ2v) is 7.76. The van der Waals surface area contributed by atoms with Crippen LogP contribution in [0.5, 0.6) is 5.75 Å². The van der Waals surface area contributed by atoms with Crippen LogP contribution in [0, 0.1) is 0 Å². The number of carbonyl (C=O) groups is 2. The van der Waals surface area contributed by atoms with Crippen LogP contribution in [0.3, 0.4) is 0 Å². The van der Waals surface area contributed by atoms with Gasteiger partial charge < -0.3 is 15.0 Å². The quantitative estimate of drug-likeness (QED) is 0.803. The molecule has 28 heavy (non-hydrogen) atoms. The number of hydrogen-bond acceptors (Lipinski definition) is 5. The topological polar surface area (TPSA) is 65.1 Å². The van der Waals surface area contributed by atoms with Gasteiger partial charge in [0.2, 0.25) is 11.8 Å². The maximum atomic E-state index is 12.6. The average Bonchev–Trinajstić information content (AvgIpc) is 2.70. The number of benzene rings is 1. The third-order valence-corrected chi connectivity index (χ3v) is 5.67. The molecule has 1 unspecified atom stereocenters. The van der Waals surface area contributed by atoms with E-state index in [2.05, 4.69) is 22.0 Å². The summed E-state index contributed by atoms with van der Waals surface area (Å²) in [5, 5.41) is 2.92. The van der Waals surface area contributed by atoms with Crippen LogP contribution in [0.4, 0.5) is 5.69 Å². The van der Waals surface area contributed by atoms with E-state index in [0.29, 0.717) is 19.1 Å². The first-order chi connectivity index (χ1) is 13.5. The van der Waals surface area contributed by atoms with Gasteiger partial charge in [0.05, 0.1) is 20.2 Å². The number of piperidine rings is 1. The highest BCUT2D eigenvalue weighted by atomic mass is 16.5. The van der Waals surface area contributed by atoms with E-state index in [1.807, 2.05) is 29.2 Å². The second kappa shape index (κ2) is 9.89. The van der Waals surface area contributed by atoms with Gasteiger partial charge in [-0.3, -0.25) is 19.4 Å². The molecule has 0 aliphatic carbocycles. The molecule has 2 aliphatic rings. The van der Waals surface area contributed by atoms with Gasteiger partial charge in [0.1, 0.15) is 5.75 Å². The summed E-state index contributed by atoms with van der Waals surface area (Å²) in [7, 11) is 1.61. The number of nitrogens with zero attached hydrogens (tertiary/aromatic N) is 3. The Morgan fingerprint density at radius 1 is 1.07 bits per heavy atom. The minimum atomic E-state index is -0.0279. The molecule has 0 bridgehead atoms. The summed E-state index contributed by atoms with van der Waals surface area (Å²) in [5.41, 5.74) is 0.740. The number of methoxy groups -OCH3 is 1. The minimum absolute atomic E-state index is 0.0279. The van der Waals surface area contributed by atoms with Gasteiger partial charge in [-0.2, -0.15) is 0 Å². The largest absolute Gasteiger partial charge is 0.497 e. The first kappa shape index (κ1) is 20.6. The number of carbonyl (C=O) groups excluding carboxylic acids is 2. The van der Waals surface area contributed by atoms with Crippen molar-refractivity contribution < 1.29 is 14.3 Å². The smallest absolute Gasteiger partial charge is 0.238 e. The predicted octanol–water partition coefficient (Wildman–Crippen LogP) is 1.65. The Labute approximate surface area is 167 Å². The van der Waals surface area contributed by atoms with Crippen LogP contribution < -0.4 is 10.1 Å². The molecule has 7 nitrogen and oxygen atoms in total. The lowest BCUT2D eigenvalue weighted by molar-refractivity contribution is -0.136. The van der Waals surface area contributed by atoms with Crippen molar-refractivity contribution in [2.45, 2.75) is 32.2 Å². The molecule has 0 aromatic heterocycles. The highest BCUT2D eigenvalue weighted by Gasteiger charge is 2.26. The van der Waals surface area contributed by atoms with Crippen molar-refractivity contribution in [1.29, 1.82) is 0 Å². The summed E-state index contributed by atoms with van der Waals surface area (Å²) >= 11 is 0. The van der Waals surface area contributed by atoms with Crippen molar-refractivity contribution in [1.82, 2.24) is 14.7 Å². The van der Waals surface area contributed by atoms with Crippen molar-refractivity contribution in [3.05, 3.63) is 24.3 Å². The number of likely N-dealkylation sites (tertiary alicyclic amines) is 1. The van der Waals surface area contributed by atoms with Crippen LogP contribution in [0.15, 0.2) is 24.3 Å². The molecule has 1 aromatic rings. The van der Waals surface area contributed by atoms with Gasteiger partial charge in [-0.1, -0.05) is 6.07 Å². The Kier molecular flexibility index (Phi) is 7.28. The maximum absolute atomic E-state index is 12.6. The first-order valence-corrected chi connectivity index (χ1v) is 10.2. The standard InChI is InChI=1S/C21H32N4O3/c1-17-6-3-4-9-25(17)21(27)16-24-12-10-23(11-13-24)15-20(26)22-18-7-5-8-19(14-18)28-2/h5,7-8,14,17H,3-4,6,9-13,15-16H2,1-2H3,(H,22,26). The van der Waals surface area contributed by atoms with Gasteiger partial charge in [-0.05, 0) is 38.3 Å². The van der Waals surface area contributed by atoms with E-state index in [9.17, 15) is 9.59 Å². The number of anilines is 1. The predicted molar refractivity (Wildman–Crippen MR) is 110 cm³/mol. The molecule has 1 N–H and O–H groups in total. The number of nitrogens with one attached hydrogen (secondary N) is 1. The third kappa shape index (κ3) is 5.69. The molecule has 2 heterocycles. The molecule has 2 amide bonds. The van der Waals surface area contributed by atoms with Gasteiger partial charge >= 0.3 is 0 Å². The molecule has 0 radical (unpaired) electrons. The molecule has 2 fully saturated rings. The van der Waals surface area contributed by atoms with Crippen LogP contribution in [0.1, 0.15) is 26.2 Å². The SMILES string of the molecule is COc1cccc(NC(=O)CN2CCN(CC(=O)N3CCCCC3C)CC2)c1. The first-order valence-electron chi connectivity index (χ1n) is 10.2. The van der Waals surface area contributed by atoms with Crippen LogP contribution in [0.2, 0.25) is 0 Å². The van der Waals surface area contributed by atoms with Crippen molar-refractivity contribution in [2.75, 3.05) is 58.2 Å². The molecule has 154 valence electrons. The monoisotopic (exact) mass is 388 g/mol. The zero-order chi connectivity index (χ0) is 19.9. The lowest BCUT2D eigenvalue weighted by Gasteiger charge is -2.37. The molecule has 2 saturated heterocycles. The summed E-state index contributed by atoms with van der Waals surface area (Å²) in [5.74, 6) is 0.940. The van der Waals surface area contributed by atoms with E-state index in [0.717, 1.165) is 57.0 Å². The fraction of sp³-hybridized carbons (Fsp3) is 0.619. The zero-order valence-electron chi connectivity index (χ0n) is 17.0. The molecular formula is C21H32N4O3. The Morgan fingerprint density at radius 3 is 2.46 bits per heavy atom. The summed E-state index contributed by atoms with van der Waals surface area (Å²) in [6.07, 6.45) is 3.45. The molecule has 3 rings (SSSR count). The van der Waals surface area contributed by atoms with Crippen molar-refractivity contribution in [3.63, 3.8) is 0 Å². The van der Waals surface area contributed by atoms with Gasteiger partial charge in [0.15, 0.2) is 0 Å².